The van der Waals surface area contributed by atoms with E-state index in [1.165, 1.54) is 51.4 Å². The number of carbonyl (C=O) groups excluding carboxylic acids is 3. The van der Waals surface area contributed by atoms with Crippen molar-refractivity contribution in [2.75, 3.05) is 0 Å². The monoisotopic (exact) mass is 441 g/mol. The summed E-state index contributed by atoms with van der Waals surface area (Å²) in [7, 11) is 0. The van der Waals surface area contributed by atoms with Crippen LogP contribution in [0.15, 0.2) is 0 Å². The minimum absolute atomic E-state index is 0.0914. The normalized spacial score (nSPS) is 13.3. The SMILES string of the molecule is CCCCCCCCCCCCCC(=O)C(N)(CCC(=O)OC(C)C)C(=O)OC(C)C. The first-order valence-electron chi connectivity index (χ1n) is 12.4. The Morgan fingerprint density at radius 2 is 1.16 bits per heavy atom. The first-order valence-corrected chi connectivity index (χ1v) is 12.4. The Hall–Kier alpha value is -1.43. The Labute approximate surface area is 190 Å². The van der Waals surface area contributed by atoms with Gasteiger partial charge in [0.1, 0.15) is 0 Å². The Bertz CT molecular complexity index is 518. The summed E-state index contributed by atoms with van der Waals surface area (Å²) in [6.45, 7) is 9.14. The number of nitrogens with two attached hydrogens (primary N) is 1. The molecule has 0 radical (unpaired) electrons. The third-order valence-corrected chi connectivity index (χ3v) is 5.30. The van der Waals surface area contributed by atoms with Crippen LogP contribution >= 0.6 is 0 Å². The van der Waals surface area contributed by atoms with E-state index in [0.717, 1.165) is 12.8 Å². The number of ketones is 1. The fourth-order valence-corrected chi connectivity index (χ4v) is 3.47. The molecule has 0 saturated carbocycles. The number of hydrogen-bond donors (Lipinski definition) is 1. The summed E-state index contributed by atoms with van der Waals surface area (Å²) < 4.78 is 10.3. The largest absolute Gasteiger partial charge is 0.463 e. The van der Waals surface area contributed by atoms with Gasteiger partial charge in [-0.3, -0.25) is 9.59 Å². The summed E-state index contributed by atoms with van der Waals surface area (Å²) in [5.74, 6) is -1.58. The van der Waals surface area contributed by atoms with Gasteiger partial charge in [0, 0.05) is 12.8 Å². The summed E-state index contributed by atoms with van der Waals surface area (Å²) in [5, 5.41) is 0. The minimum Gasteiger partial charge on any atom is -0.463 e. The first kappa shape index (κ1) is 29.6. The van der Waals surface area contributed by atoms with Crippen LogP contribution in [0, 0.1) is 0 Å². The molecule has 1 unspecified atom stereocenters. The van der Waals surface area contributed by atoms with Gasteiger partial charge in [-0.15, -0.1) is 0 Å². The van der Waals surface area contributed by atoms with Gasteiger partial charge in [-0.25, -0.2) is 4.79 Å². The van der Waals surface area contributed by atoms with E-state index in [9.17, 15) is 14.4 Å². The van der Waals surface area contributed by atoms with Crippen LogP contribution < -0.4 is 5.73 Å². The number of carbonyl (C=O) groups is 3. The van der Waals surface area contributed by atoms with E-state index < -0.39 is 17.5 Å². The first-order chi connectivity index (χ1) is 14.6. The van der Waals surface area contributed by atoms with Gasteiger partial charge in [-0.05, 0) is 40.5 Å². The molecule has 0 aliphatic carbocycles. The van der Waals surface area contributed by atoms with Crippen LogP contribution in [0.25, 0.3) is 0 Å². The zero-order chi connectivity index (χ0) is 23.7. The van der Waals surface area contributed by atoms with Crippen molar-refractivity contribution in [2.45, 2.75) is 142 Å². The Balaban J connectivity index is 4.38. The van der Waals surface area contributed by atoms with Crippen molar-refractivity contribution in [3.05, 3.63) is 0 Å². The van der Waals surface area contributed by atoms with Gasteiger partial charge in [-0.1, -0.05) is 71.1 Å². The van der Waals surface area contributed by atoms with E-state index in [0.29, 0.717) is 6.42 Å². The predicted molar refractivity (Wildman–Crippen MR) is 125 cm³/mol. The zero-order valence-corrected chi connectivity index (χ0v) is 20.7. The van der Waals surface area contributed by atoms with Gasteiger partial charge < -0.3 is 15.2 Å². The molecule has 0 rings (SSSR count). The fourth-order valence-electron chi connectivity index (χ4n) is 3.47. The van der Waals surface area contributed by atoms with Gasteiger partial charge in [-0.2, -0.15) is 0 Å². The number of ether oxygens (including phenoxy) is 2. The van der Waals surface area contributed by atoms with E-state index in [1.54, 1.807) is 27.7 Å². The summed E-state index contributed by atoms with van der Waals surface area (Å²) in [4.78, 5) is 37.2. The maximum Gasteiger partial charge on any atom is 0.334 e. The minimum atomic E-state index is -1.79. The zero-order valence-electron chi connectivity index (χ0n) is 20.7. The second-order valence-electron chi connectivity index (χ2n) is 9.17. The van der Waals surface area contributed by atoms with E-state index in [4.69, 9.17) is 15.2 Å². The molecule has 0 amide bonds. The highest BCUT2D eigenvalue weighted by Gasteiger charge is 2.43. The molecular formula is C25H47NO5. The fraction of sp³-hybridized carbons (Fsp3) is 0.880. The molecule has 0 aromatic heterocycles. The van der Waals surface area contributed by atoms with Crippen LogP contribution in [0.4, 0.5) is 0 Å². The average Bonchev–Trinajstić information content (AvgIpc) is 2.68. The molecule has 0 aliphatic rings. The molecule has 0 bridgehead atoms. The average molecular weight is 442 g/mol. The second kappa shape index (κ2) is 17.2. The highest BCUT2D eigenvalue weighted by molar-refractivity contribution is 6.08. The molecule has 0 aromatic rings. The van der Waals surface area contributed by atoms with Crippen molar-refractivity contribution in [2.24, 2.45) is 5.73 Å². The Morgan fingerprint density at radius 3 is 1.61 bits per heavy atom. The molecule has 0 heterocycles. The summed E-state index contributed by atoms with van der Waals surface area (Å²) >= 11 is 0. The molecule has 0 aliphatic heterocycles. The number of unbranched alkanes of at least 4 members (excludes halogenated alkanes) is 10. The molecule has 1 atom stereocenters. The Kier molecular flexibility index (Phi) is 16.4. The molecule has 6 heteroatoms. The lowest BCUT2D eigenvalue weighted by atomic mass is 9.86. The molecule has 31 heavy (non-hydrogen) atoms. The van der Waals surface area contributed by atoms with Crippen molar-refractivity contribution in [3.63, 3.8) is 0 Å². The van der Waals surface area contributed by atoms with E-state index in [-0.39, 0.29) is 37.3 Å². The lowest BCUT2D eigenvalue weighted by Crippen LogP contribution is -2.56. The van der Waals surface area contributed by atoms with Crippen molar-refractivity contribution >= 4 is 17.7 Å². The molecule has 0 spiro atoms. The summed E-state index contributed by atoms with van der Waals surface area (Å²) in [6, 6.07) is 0. The Morgan fingerprint density at radius 1 is 0.710 bits per heavy atom. The number of rotatable bonds is 19. The van der Waals surface area contributed by atoms with Crippen molar-refractivity contribution in [1.82, 2.24) is 0 Å². The third-order valence-electron chi connectivity index (χ3n) is 5.30. The maximum absolute atomic E-state index is 12.8. The van der Waals surface area contributed by atoms with Gasteiger partial charge >= 0.3 is 11.9 Å². The van der Waals surface area contributed by atoms with E-state index >= 15 is 0 Å². The number of esters is 2. The predicted octanol–water partition coefficient (Wildman–Crippen LogP) is 5.64. The quantitative estimate of drug-likeness (QED) is 0.158. The molecule has 182 valence electrons. The van der Waals surface area contributed by atoms with E-state index in [1.807, 2.05) is 0 Å². The summed E-state index contributed by atoms with van der Waals surface area (Å²) in [6.07, 6.45) is 12.4. The standard InChI is InChI=1S/C25H47NO5/c1-6-7-8-9-10-11-12-13-14-15-16-17-22(27)25(26,24(29)31-21(4)5)19-18-23(28)30-20(2)3/h20-21H,6-19,26H2,1-5H3. The van der Waals surface area contributed by atoms with Crippen molar-refractivity contribution in [1.29, 1.82) is 0 Å². The van der Waals surface area contributed by atoms with Crippen LogP contribution in [0.2, 0.25) is 0 Å². The topological polar surface area (TPSA) is 95.7 Å². The summed E-state index contributed by atoms with van der Waals surface area (Å²) in [5.41, 5.74) is 4.42. The smallest absolute Gasteiger partial charge is 0.334 e. The van der Waals surface area contributed by atoms with Crippen LogP contribution in [0.1, 0.15) is 125 Å². The highest BCUT2D eigenvalue weighted by atomic mass is 16.5. The lowest BCUT2D eigenvalue weighted by Gasteiger charge is -2.27. The van der Waals surface area contributed by atoms with Crippen molar-refractivity contribution in [3.8, 4) is 0 Å². The van der Waals surface area contributed by atoms with Crippen LogP contribution in [0.5, 0.6) is 0 Å². The molecule has 2 N–H and O–H groups in total. The molecular weight excluding hydrogens is 394 g/mol. The second-order valence-corrected chi connectivity index (χ2v) is 9.17. The third kappa shape index (κ3) is 14.3. The number of Topliss-reactive ketones (excluding diaryl/α,β-unsaturated/α-hetero) is 1. The van der Waals surface area contributed by atoms with E-state index in [2.05, 4.69) is 6.92 Å². The van der Waals surface area contributed by atoms with Gasteiger partial charge in [0.15, 0.2) is 11.3 Å². The molecule has 0 fully saturated rings. The lowest BCUT2D eigenvalue weighted by molar-refractivity contribution is -0.158. The van der Waals surface area contributed by atoms with Crippen LogP contribution in [-0.4, -0.2) is 35.5 Å². The van der Waals surface area contributed by atoms with Crippen LogP contribution in [-0.2, 0) is 23.9 Å². The van der Waals surface area contributed by atoms with Gasteiger partial charge in [0.25, 0.3) is 0 Å². The van der Waals surface area contributed by atoms with Crippen molar-refractivity contribution < 1.29 is 23.9 Å². The van der Waals surface area contributed by atoms with Crippen LogP contribution in [0.3, 0.4) is 0 Å². The van der Waals surface area contributed by atoms with Gasteiger partial charge in [0.05, 0.1) is 12.2 Å². The maximum atomic E-state index is 12.8. The molecule has 0 aromatic carbocycles. The highest BCUT2D eigenvalue weighted by Crippen LogP contribution is 2.20. The molecule has 6 nitrogen and oxygen atoms in total. The molecule has 0 saturated heterocycles. The number of hydrogen-bond acceptors (Lipinski definition) is 6. The van der Waals surface area contributed by atoms with Gasteiger partial charge in [0.2, 0.25) is 0 Å².